The molecule has 0 amide bonds. The minimum atomic E-state index is 0. The van der Waals surface area contributed by atoms with E-state index < -0.39 is 0 Å². The predicted molar refractivity (Wildman–Crippen MR) is 27.8 cm³/mol. The van der Waals surface area contributed by atoms with Crippen molar-refractivity contribution in [3.05, 3.63) is 30.1 Å². The molecule has 0 atom stereocenters. The van der Waals surface area contributed by atoms with Crippen molar-refractivity contribution >= 4 is 0 Å². The monoisotopic (exact) mass is 330 g/mol. The molecule has 1 heterocycles. The third kappa shape index (κ3) is 2.49. The van der Waals surface area contributed by atoms with Crippen LogP contribution < -0.4 is 0 Å². The fourth-order valence-corrected chi connectivity index (χ4v) is 0.385. The van der Waals surface area contributed by atoms with Gasteiger partial charge in [-0.05, 0) is 0 Å². The van der Waals surface area contributed by atoms with Gasteiger partial charge in [0, 0.05) is 31.1 Å². The fourth-order valence-electron chi connectivity index (χ4n) is 0.385. The summed E-state index contributed by atoms with van der Waals surface area (Å²) in [5.74, 6) is 0. The molecule has 0 aliphatic heterocycles. The standard InChI is InChI=1S/C6H6N.U/c1-6-2-4-7-5-3-6;/h2-4H,1H3;/q-1;. The Labute approximate surface area is 72.9 Å². The summed E-state index contributed by atoms with van der Waals surface area (Å²) in [5.41, 5.74) is 1.20. The molecule has 0 bridgehead atoms. The van der Waals surface area contributed by atoms with Crippen LogP contribution in [0.1, 0.15) is 5.56 Å². The molecule has 0 unspecified atom stereocenters. The Morgan fingerprint density at radius 3 is 2.62 bits per heavy atom. The third-order valence-corrected chi connectivity index (χ3v) is 0.779. The number of nitrogens with zero attached hydrogens (tertiary/aromatic N) is 1. The molecule has 2 heteroatoms. The Kier molecular flexibility index (Phi) is 4.22. The van der Waals surface area contributed by atoms with Gasteiger partial charge in [0.1, 0.15) is 0 Å². The van der Waals surface area contributed by atoms with Crippen LogP contribution in [-0.2, 0) is 0 Å². The van der Waals surface area contributed by atoms with E-state index >= 15 is 0 Å². The molecule has 1 nitrogen and oxygen atoms in total. The average Bonchev–Trinajstić information content (AvgIpc) is 1.69. The maximum Gasteiger partial charge on any atom is 0 e. The molecule has 1 aromatic rings. The van der Waals surface area contributed by atoms with Crippen LogP contribution in [0, 0.1) is 44.2 Å². The molecule has 0 spiro atoms. The Bertz CT molecular complexity index is 138. The molecular formula is C6H6NU-. The van der Waals surface area contributed by atoms with Gasteiger partial charge >= 0.3 is 0 Å². The smallest absolute Gasteiger partial charge is 0 e. The number of rotatable bonds is 0. The van der Waals surface area contributed by atoms with Crippen molar-refractivity contribution in [1.82, 2.24) is 4.98 Å². The van der Waals surface area contributed by atoms with E-state index in [-0.39, 0.29) is 31.1 Å². The van der Waals surface area contributed by atoms with Crippen molar-refractivity contribution in [3.8, 4) is 0 Å². The predicted octanol–water partition coefficient (Wildman–Crippen LogP) is 1.19. The number of hydrogen-bond acceptors (Lipinski definition) is 1. The molecule has 1 rings (SSSR count). The van der Waals surface area contributed by atoms with E-state index in [0.29, 0.717) is 0 Å². The van der Waals surface area contributed by atoms with Crippen LogP contribution >= 0.6 is 0 Å². The molecule has 0 fully saturated rings. The number of pyridine rings is 1. The first kappa shape index (κ1) is 8.20. The van der Waals surface area contributed by atoms with Crippen LogP contribution in [0.25, 0.3) is 0 Å². The molecule has 0 aliphatic carbocycles. The first-order valence-electron chi connectivity index (χ1n) is 2.18. The molecule has 0 aliphatic rings. The minimum absolute atomic E-state index is 0. The molecule has 0 N–H and O–H groups in total. The Morgan fingerprint density at radius 2 is 2.38 bits per heavy atom. The molecule has 40 valence electrons. The Balaban J connectivity index is 0.000000490. The summed E-state index contributed by atoms with van der Waals surface area (Å²) in [5, 5.41) is 0. The number of hydrogen-bond donors (Lipinski definition) is 0. The summed E-state index contributed by atoms with van der Waals surface area (Å²) in [6.07, 6.45) is 4.44. The summed E-state index contributed by atoms with van der Waals surface area (Å²) in [6, 6.07) is 3.79. The van der Waals surface area contributed by atoms with E-state index in [1.165, 1.54) is 5.56 Å². The first-order valence-corrected chi connectivity index (χ1v) is 2.18. The molecule has 1 aromatic heterocycles. The van der Waals surface area contributed by atoms with Crippen LogP contribution in [0.2, 0.25) is 0 Å². The van der Waals surface area contributed by atoms with E-state index in [2.05, 4.69) is 11.2 Å². The summed E-state index contributed by atoms with van der Waals surface area (Å²) in [4.78, 5) is 3.72. The third-order valence-electron chi connectivity index (χ3n) is 0.779. The molecule has 0 saturated heterocycles. The van der Waals surface area contributed by atoms with Gasteiger partial charge in [-0.15, -0.1) is 0 Å². The van der Waals surface area contributed by atoms with Gasteiger partial charge in [0.15, 0.2) is 0 Å². The van der Waals surface area contributed by atoms with Crippen molar-refractivity contribution < 1.29 is 31.1 Å². The van der Waals surface area contributed by atoms with Gasteiger partial charge in [0.25, 0.3) is 0 Å². The largest absolute Gasteiger partial charge is 0.394 e. The van der Waals surface area contributed by atoms with Gasteiger partial charge in [0.2, 0.25) is 0 Å². The average molecular weight is 330 g/mol. The van der Waals surface area contributed by atoms with E-state index in [4.69, 9.17) is 0 Å². The normalized spacial score (nSPS) is 7.62. The van der Waals surface area contributed by atoms with E-state index in [1.54, 1.807) is 6.20 Å². The van der Waals surface area contributed by atoms with Crippen molar-refractivity contribution in [2.45, 2.75) is 6.92 Å². The second-order valence-corrected chi connectivity index (χ2v) is 1.46. The van der Waals surface area contributed by atoms with Crippen LogP contribution in [0.5, 0.6) is 0 Å². The van der Waals surface area contributed by atoms with E-state index in [0.717, 1.165) is 0 Å². The van der Waals surface area contributed by atoms with Crippen LogP contribution in [0.4, 0.5) is 0 Å². The molecule has 8 heavy (non-hydrogen) atoms. The van der Waals surface area contributed by atoms with Crippen LogP contribution in [0.15, 0.2) is 18.3 Å². The Morgan fingerprint density at radius 1 is 1.62 bits per heavy atom. The summed E-state index contributed by atoms with van der Waals surface area (Å²) < 4.78 is 0. The van der Waals surface area contributed by atoms with Crippen molar-refractivity contribution in [1.29, 1.82) is 0 Å². The van der Waals surface area contributed by atoms with Gasteiger partial charge in [-0.2, -0.15) is 17.7 Å². The van der Waals surface area contributed by atoms with Crippen molar-refractivity contribution in [2.75, 3.05) is 0 Å². The van der Waals surface area contributed by atoms with Crippen LogP contribution in [0.3, 0.4) is 0 Å². The minimum Gasteiger partial charge on any atom is -0.394 e. The topological polar surface area (TPSA) is 12.9 Å². The van der Waals surface area contributed by atoms with Crippen molar-refractivity contribution in [3.63, 3.8) is 0 Å². The van der Waals surface area contributed by atoms with E-state index in [9.17, 15) is 0 Å². The van der Waals surface area contributed by atoms with Crippen LogP contribution in [-0.4, -0.2) is 4.98 Å². The molecular weight excluding hydrogens is 324 g/mol. The van der Waals surface area contributed by atoms with Gasteiger partial charge in [-0.3, -0.25) is 0 Å². The first-order chi connectivity index (χ1) is 3.39. The summed E-state index contributed by atoms with van der Waals surface area (Å²) >= 11 is 0. The van der Waals surface area contributed by atoms with Gasteiger partial charge in [-0.1, -0.05) is 19.3 Å². The fraction of sp³-hybridized carbons (Fsp3) is 0.167. The quantitative estimate of drug-likeness (QED) is 0.652. The Hall–Kier alpha value is 0.202. The number of aryl methyl sites for hydroxylation is 1. The maximum atomic E-state index is 3.72. The molecule has 0 radical (unpaired) electrons. The van der Waals surface area contributed by atoms with Crippen molar-refractivity contribution in [2.24, 2.45) is 0 Å². The molecule has 0 saturated carbocycles. The SMILES string of the molecule is Cc1c[c-]ncc1.[U]. The molecule has 0 aromatic carbocycles. The second kappa shape index (κ2) is 4.12. The zero-order valence-corrected chi connectivity index (χ0v) is 8.84. The van der Waals surface area contributed by atoms with Gasteiger partial charge in [-0.25, -0.2) is 0 Å². The summed E-state index contributed by atoms with van der Waals surface area (Å²) in [7, 11) is 0. The van der Waals surface area contributed by atoms with E-state index in [1.807, 2.05) is 19.1 Å². The van der Waals surface area contributed by atoms with Gasteiger partial charge in [0.05, 0.1) is 0 Å². The maximum absolute atomic E-state index is 3.72. The second-order valence-electron chi connectivity index (χ2n) is 1.46. The zero-order chi connectivity index (χ0) is 5.11. The van der Waals surface area contributed by atoms with Gasteiger partial charge < -0.3 is 4.98 Å². The number of aromatic nitrogens is 1. The zero-order valence-electron chi connectivity index (χ0n) is 4.68. The summed E-state index contributed by atoms with van der Waals surface area (Å²) in [6.45, 7) is 2.01.